The van der Waals surface area contributed by atoms with Gasteiger partial charge in [0.2, 0.25) is 0 Å². The van der Waals surface area contributed by atoms with Gasteiger partial charge in [-0.25, -0.2) is 4.98 Å². The Hall–Kier alpha value is -0.410. The van der Waals surface area contributed by atoms with E-state index in [1.54, 1.807) is 11.3 Å². The molecule has 0 aromatic carbocycles. The van der Waals surface area contributed by atoms with Crippen LogP contribution in [0.1, 0.15) is 41.3 Å². The largest absolute Gasteiger partial charge is 0.384 e. The van der Waals surface area contributed by atoms with Crippen LogP contribution < -0.4 is 0 Å². The molecule has 2 nitrogen and oxygen atoms in total. The average Bonchev–Trinajstić information content (AvgIpc) is 2.67. The fourth-order valence-corrected chi connectivity index (χ4v) is 4.47. The number of aliphatic hydroxyl groups is 1. The predicted octanol–water partition coefficient (Wildman–Crippen LogP) is 2.77. The summed E-state index contributed by atoms with van der Waals surface area (Å²) < 4.78 is 0. The number of fused-ring (bicyclic) bond motifs is 1. The van der Waals surface area contributed by atoms with E-state index in [-0.39, 0.29) is 0 Å². The van der Waals surface area contributed by atoms with E-state index in [4.69, 9.17) is 0 Å². The molecule has 15 heavy (non-hydrogen) atoms. The van der Waals surface area contributed by atoms with Gasteiger partial charge < -0.3 is 5.11 Å². The summed E-state index contributed by atoms with van der Waals surface area (Å²) in [6, 6.07) is 0. The first-order valence-electron chi connectivity index (χ1n) is 5.81. The van der Waals surface area contributed by atoms with Crippen molar-refractivity contribution in [2.24, 2.45) is 11.8 Å². The van der Waals surface area contributed by atoms with Crippen LogP contribution in [0.4, 0.5) is 0 Å². The average molecular weight is 223 g/mol. The molecule has 0 aliphatic heterocycles. The number of aromatic nitrogens is 1. The Kier molecular flexibility index (Phi) is 1.99. The normalized spacial score (nSPS) is 38.9. The first-order chi connectivity index (χ1) is 7.14. The van der Waals surface area contributed by atoms with Crippen LogP contribution in [0.25, 0.3) is 0 Å². The third-order valence-electron chi connectivity index (χ3n) is 4.05. The van der Waals surface area contributed by atoms with Gasteiger partial charge in [0.15, 0.2) is 0 Å². The number of nitrogens with zero attached hydrogens (tertiary/aromatic N) is 1. The summed E-state index contributed by atoms with van der Waals surface area (Å²) in [6.45, 7) is 4.05. The van der Waals surface area contributed by atoms with Gasteiger partial charge in [0.1, 0.15) is 5.60 Å². The summed E-state index contributed by atoms with van der Waals surface area (Å²) in [4.78, 5) is 5.58. The number of thiazole rings is 1. The summed E-state index contributed by atoms with van der Waals surface area (Å²) in [5.41, 5.74) is 0.557. The van der Waals surface area contributed by atoms with E-state index < -0.39 is 5.60 Å². The molecule has 2 saturated carbocycles. The smallest absolute Gasteiger partial charge is 0.107 e. The Morgan fingerprint density at radius 2 is 1.87 bits per heavy atom. The Morgan fingerprint density at radius 3 is 2.33 bits per heavy atom. The first-order valence-corrected chi connectivity index (χ1v) is 6.62. The topological polar surface area (TPSA) is 33.1 Å². The van der Waals surface area contributed by atoms with Gasteiger partial charge >= 0.3 is 0 Å². The highest BCUT2D eigenvalue weighted by molar-refractivity contribution is 7.11. The fourth-order valence-electron chi connectivity index (χ4n) is 3.33. The van der Waals surface area contributed by atoms with Crippen molar-refractivity contribution in [1.82, 2.24) is 4.98 Å². The molecule has 2 aliphatic carbocycles. The maximum atomic E-state index is 10.7. The van der Waals surface area contributed by atoms with Gasteiger partial charge in [-0.15, -0.1) is 11.3 Å². The third kappa shape index (κ3) is 1.23. The first kappa shape index (κ1) is 9.79. The maximum Gasteiger partial charge on any atom is 0.107 e. The van der Waals surface area contributed by atoms with Crippen molar-refractivity contribution in [3.05, 3.63) is 15.6 Å². The van der Waals surface area contributed by atoms with Gasteiger partial charge in [-0.05, 0) is 38.5 Å². The van der Waals surface area contributed by atoms with Gasteiger partial charge in [-0.1, -0.05) is 12.8 Å². The van der Waals surface area contributed by atoms with E-state index >= 15 is 0 Å². The van der Waals surface area contributed by atoms with Crippen LogP contribution >= 0.6 is 11.3 Å². The molecule has 3 rings (SSSR count). The Labute approximate surface area is 94.4 Å². The molecule has 1 heterocycles. The van der Waals surface area contributed by atoms with E-state index in [0.29, 0.717) is 11.8 Å². The quantitative estimate of drug-likeness (QED) is 0.794. The zero-order valence-corrected chi connectivity index (χ0v) is 10.1. The molecule has 1 N–H and O–H groups in total. The van der Waals surface area contributed by atoms with Gasteiger partial charge in [0.05, 0.1) is 15.6 Å². The highest BCUT2D eigenvalue weighted by Crippen LogP contribution is 2.65. The second-order valence-corrected chi connectivity index (χ2v) is 6.17. The number of rotatable bonds is 1. The lowest BCUT2D eigenvalue weighted by molar-refractivity contribution is 0.121. The van der Waals surface area contributed by atoms with Crippen LogP contribution in [0, 0.1) is 25.7 Å². The van der Waals surface area contributed by atoms with Crippen molar-refractivity contribution in [1.29, 1.82) is 0 Å². The SMILES string of the molecule is Cc1nc(C)c(C2(O)C3CCCCC32)s1. The van der Waals surface area contributed by atoms with Gasteiger partial charge in [0, 0.05) is 0 Å². The summed E-state index contributed by atoms with van der Waals surface area (Å²) >= 11 is 1.69. The zero-order valence-electron chi connectivity index (χ0n) is 9.29. The van der Waals surface area contributed by atoms with Gasteiger partial charge in [-0.3, -0.25) is 0 Å². The van der Waals surface area contributed by atoms with E-state index in [1.807, 2.05) is 13.8 Å². The van der Waals surface area contributed by atoms with Gasteiger partial charge in [-0.2, -0.15) is 0 Å². The monoisotopic (exact) mass is 223 g/mol. The van der Waals surface area contributed by atoms with Crippen molar-refractivity contribution >= 4 is 11.3 Å². The van der Waals surface area contributed by atoms with Crippen molar-refractivity contribution in [3.8, 4) is 0 Å². The predicted molar refractivity (Wildman–Crippen MR) is 60.9 cm³/mol. The lowest BCUT2D eigenvalue weighted by atomic mass is 10.0. The Morgan fingerprint density at radius 1 is 1.27 bits per heavy atom. The fraction of sp³-hybridized carbons (Fsp3) is 0.750. The number of hydrogen-bond acceptors (Lipinski definition) is 3. The van der Waals surface area contributed by atoms with Crippen LogP contribution in [-0.2, 0) is 5.60 Å². The highest BCUT2D eigenvalue weighted by atomic mass is 32.1. The molecule has 82 valence electrons. The van der Waals surface area contributed by atoms with Crippen LogP contribution in [0.3, 0.4) is 0 Å². The minimum absolute atomic E-state index is 0.494. The molecule has 0 radical (unpaired) electrons. The van der Waals surface area contributed by atoms with E-state index in [2.05, 4.69) is 4.98 Å². The molecule has 0 saturated heterocycles. The minimum Gasteiger partial charge on any atom is -0.384 e. The summed E-state index contributed by atoms with van der Waals surface area (Å²) in [5.74, 6) is 1.06. The molecular formula is C12H17NOS. The molecule has 2 atom stereocenters. The summed E-state index contributed by atoms with van der Waals surface area (Å²) in [7, 11) is 0. The lowest BCUT2D eigenvalue weighted by Crippen LogP contribution is -2.09. The van der Waals surface area contributed by atoms with Crippen LogP contribution in [0.5, 0.6) is 0 Å². The lowest BCUT2D eigenvalue weighted by Gasteiger charge is -2.08. The minimum atomic E-state index is -0.494. The molecule has 0 amide bonds. The molecule has 1 aromatic heterocycles. The van der Waals surface area contributed by atoms with Crippen molar-refractivity contribution < 1.29 is 5.11 Å². The van der Waals surface area contributed by atoms with Crippen molar-refractivity contribution in [2.45, 2.75) is 45.1 Å². The van der Waals surface area contributed by atoms with Crippen molar-refractivity contribution in [3.63, 3.8) is 0 Å². The van der Waals surface area contributed by atoms with Crippen LogP contribution in [0.2, 0.25) is 0 Å². The molecule has 0 bridgehead atoms. The Balaban J connectivity index is 1.97. The molecular weight excluding hydrogens is 206 g/mol. The standard InChI is InChI=1S/C12H17NOS/c1-7-11(15-8(2)13-7)12(14)9-5-3-4-6-10(9)12/h9-10,14H,3-6H2,1-2H3. The van der Waals surface area contributed by atoms with Crippen molar-refractivity contribution in [2.75, 3.05) is 0 Å². The molecule has 0 spiro atoms. The van der Waals surface area contributed by atoms with E-state index in [0.717, 1.165) is 15.6 Å². The molecule has 2 aliphatic rings. The molecule has 2 unspecified atom stereocenters. The molecule has 1 aromatic rings. The second-order valence-electron chi connectivity index (χ2n) is 4.97. The van der Waals surface area contributed by atoms with Crippen LogP contribution in [-0.4, -0.2) is 10.1 Å². The molecule has 2 fully saturated rings. The van der Waals surface area contributed by atoms with Gasteiger partial charge in [0.25, 0.3) is 0 Å². The summed E-state index contributed by atoms with van der Waals surface area (Å²) in [6.07, 6.45) is 5.00. The van der Waals surface area contributed by atoms with E-state index in [9.17, 15) is 5.11 Å². The van der Waals surface area contributed by atoms with Crippen LogP contribution in [0.15, 0.2) is 0 Å². The maximum absolute atomic E-state index is 10.7. The number of hydrogen-bond donors (Lipinski definition) is 1. The number of aryl methyl sites for hydroxylation is 2. The second kappa shape index (κ2) is 3.05. The Bertz CT molecular complexity index is 386. The highest BCUT2D eigenvalue weighted by Gasteiger charge is 2.66. The third-order valence-corrected chi connectivity index (χ3v) is 5.27. The zero-order chi connectivity index (χ0) is 10.6. The molecule has 3 heteroatoms. The van der Waals surface area contributed by atoms with E-state index in [1.165, 1.54) is 25.7 Å². The summed E-state index contributed by atoms with van der Waals surface area (Å²) in [5, 5.41) is 11.8.